The van der Waals surface area contributed by atoms with Gasteiger partial charge in [0.2, 0.25) is 5.91 Å². The van der Waals surface area contributed by atoms with E-state index < -0.39 is 18.0 Å². The summed E-state index contributed by atoms with van der Waals surface area (Å²) < 4.78 is 4.95. The van der Waals surface area contributed by atoms with E-state index in [0.29, 0.717) is 52.1 Å². The molecule has 8 heteroatoms. The molecule has 2 saturated heterocycles. The molecule has 0 aromatic heterocycles. The number of ether oxygens (including phenoxy) is 1. The summed E-state index contributed by atoms with van der Waals surface area (Å²) in [6.07, 6.45) is 0.787. The number of carboxylic acids is 1. The number of carbonyl (C=O) groups excluding carboxylic acids is 2. The number of hydrogen-bond acceptors (Lipinski definition) is 5. The van der Waals surface area contributed by atoms with E-state index >= 15 is 0 Å². The lowest BCUT2D eigenvalue weighted by molar-refractivity contribution is -0.143. The van der Waals surface area contributed by atoms with Crippen LogP contribution in [0.25, 0.3) is 0 Å². The molecule has 1 unspecified atom stereocenters. The highest BCUT2D eigenvalue weighted by Gasteiger charge is 2.38. The minimum absolute atomic E-state index is 0.0114. The average molecular weight is 480 g/mol. The third kappa shape index (κ3) is 5.82. The van der Waals surface area contributed by atoms with Crippen LogP contribution in [0.15, 0.2) is 60.7 Å². The second-order valence-electron chi connectivity index (χ2n) is 9.27. The minimum Gasteiger partial charge on any atom is -0.481 e. The SMILES string of the molecule is COC(=O)N1CCN(C(=O)C(c2ccccc2)c2ccccc2)C(CN2CCC(C(=O)O)CC2)C1. The van der Waals surface area contributed by atoms with Gasteiger partial charge >= 0.3 is 12.1 Å². The highest BCUT2D eigenvalue weighted by Crippen LogP contribution is 2.29. The molecule has 0 spiro atoms. The monoisotopic (exact) mass is 479 g/mol. The lowest BCUT2D eigenvalue weighted by Crippen LogP contribution is -2.61. The van der Waals surface area contributed by atoms with E-state index in [9.17, 15) is 19.5 Å². The minimum atomic E-state index is -0.746. The maximum Gasteiger partial charge on any atom is 0.409 e. The van der Waals surface area contributed by atoms with Gasteiger partial charge in [0.05, 0.1) is 25.0 Å². The first kappa shape index (κ1) is 24.7. The van der Waals surface area contributed by atoms with Crippen molar-refractivity contribution in [1.29, 1.82) is 0 Å². The normalized spacial score (nSPS) is 19.5. The molecule has 186 valence electrons. The summed E-state index contributed by atoms with van der Waals surface area (Å²) in [5.74, 6) is -1.49. The molecule has 2 aromatic carbocycles. The van der Waals surface area contributed by atoms with Crippen LogP contribution in [0.4, 0.5) is 4.79 Å². The Morgan fingerprint density at radius 1 is 0.914 bits per heavy atom. The molecule has 2 amide bonds. The zero-order chi connectivity index (χ0) is 24.8. The first-order valence-corrected chi connectivity index (χ1v) is 12.2. The molecule has 1 N–H and O–H groups in total. The van der Waals surface area contributed by atoms with Crippen LogP contribution in [0.2, 0.25) is 0 Å². The number of rotatable bonds is 6. The van der Waals surface area contributed by atoms with Gasteiger partial charge in [-0.1, -0.05) is 60.7 Å². The molecule has 0 bridgehead atoms. The Bertz CT molecular complexity index is 968. The topological polar surface area (TPSA) is 90.4 Å². The van der Waals surface area contributed by atoms with Gasteiger partial charge in [-0.3, -0.25) is 9.59 Å². The lowest BCUT2D eigenvalue weighted by Gasteiger charge is -2.44. The smallest absolute Gasteiger partial charge is 0.409 e. The van der Waals surface area contributed by atoms with Crippen molar-refractivity contribution < 1.29 is 24.2 Å². The molecule has 2 heterocycles. The first-order valence-electron chi connectivity index (χ1n) is 12.2. The summed E-state index contributed by atoms with van der Waals surface area (Å²) >= 11 is 0. The first-order chi connectivity index (χ1) is 17.0. The maximum absolute atomic E-state index is 14.1. The molecular formula is C27H33N3O5. The van der Waals surface area contributed by atoms with E-state index in [0.717, 1.165) is 11.1 Å². The molecule has 2 aliphatic heterocycles. The molecule has 0 aliphatic carbocycles. The Morgan fingerprint density at radius 3 is 2.00 bits per heavy atom. The Kier molecular flexibility index (Phi) is 8.02. The summed E-state index contributed by atoms with van der Waals surface area (Å²) in [4.78, 5) is 43.6. The van der Waals surface area contributed by atoms with Gasteiger partial charge in [-0.15, -0.1) is 0 Å². The fraction of sp³-hybridized carbons (Fsp3) is 0.444. The van der Waals surface area contributed by atoms with Crippen LogP contribution in [0.5, 0.6) is 0 Å². The van der Waals surface area contributed by atoms with Crippen molar-refractivity contribution in [1.82, 2.24) is 14.7 Å². The van der Waals surface area contributed by atoms with Crippen molar-refractivity contribution in [3.05, 3.63) is 71.8 Å². The number of hydrogen-bond donors (Lipinski definition) is 1. The second-order valence-corrected chi connectivity index (χ2v) is 9.27. The van der Waals surface area contributed by atoms with Crippen molar-refractivity contribution in [2.24, 2.45) is 5.92 Å². The van der Waals surface area contributed by atoms with Crippen LogP contribution in [0.3, 0.4) is 0 Å². The Morgan fingerprint density at radius 2 is 1.49 bits per heavy atom. The molecular weight excluding hydrogens is 446 g/mol. The zero-order valence-corrected chi connectivity index (χ0v) is 20.1. The van der Waals surface area contributed by atoms with Crippen LogP contribution in [-0.4, -0.2) is 90.2 Å². The standard InChI is InChI=1S/C27H33N3O5/c1-35-27(34)29-16-17-30(23(19-29)18-28-14-12-22(13-15-28)26(32)33)25(31)24(20-8-4-2-5-9-20)21-10-6-3-7-11-21/h2-11,22-24H,12-19H2,1H3,(H,32,33). The van der Waals surface area contributed by atoms with Crippen LogP contribution >= 0.6 is 0 Å². The summed E-state index contributed by atoms with van der Waals surface area (Å²) in [7, 11) is 1.37. The van der Waals surface area contributed by atoms with Gasteiger partial charge < -0.3 is 24.5 Å². The molecule has 0 saturated carbocycles. The summed E-state index contributed by atoms with van der Waals surface area (Å²) in [6, 6.07) is 19.3. The molecule has 8 nitrogen and oxygen atoms in total. The highest BCUT2D eigenvalue weighted by atomic mass is 16.5. The van der Waals surface area contributed by atoms with Crippen molar-refractivity contribution in [2.45, 2.75) is 24.8 Å². The van der Waals surface area contributed by atoms with Gasteiger partial charge in [-0.05, 0) is 37.1 Å². The molecule has 2 fully saturated rings. The Balaban J connectivity index is 1.58. The van der Waals surface area contributed by atoms with Gasteiger partial charge in [0.25, 0.3) is 0 Å². The quantitative estimate of drug-likeness (QED) is 0.685. The van der Waals surface area contributed by atoms with E-state index in [1.165, 1.54) is 7.11 Å². The molecule has 35 heavy (non-hydrogen) atoms. The van der Waals surface area contributed by atoms with Gasteiger partial charge in [0, 0.05) is 26.2 Å². The van der Waals surface area contributed by atoms with E-state index in [-0.39, 0.29) is 17.9 Å². The number of piperazine rings is 1. The molecule has 2 aromatic rings. The maximum atomic E-state index is 14.1. The summed E-state index contributed by atoms with van der Waals surface area (Å²) in [5, 5.41) is 9.33. The molecule has 4 rings (SSSR count). The number of carboxylic acid groups (broad SMARTS) is 1. The number of methoxy groups -OCH3 is 1. The van der Waals surface area contributed by atoms with Gasteiger partial charge in [-0.2, -0.15) is 0 Å². The fourth-order valence-corrected chi connectivity index (χ4v) is 5.19. The van der Waals surface area contributed by atoms with Gasteiger partial charge in [0.15, 0.2) is 0 Å². The average Bonchev–Trinajstić information content (AvgIpc) is 2.90. The van der Waals surface area contributed by atoms with Crippen LogP contribution in [-0.2, 0) is 14.3 Å². The van der Waals surface area contributed by atoms with Crippen LogP contribution < -0.4 is 0 Å². The number of nitrogens with zero attached hydrogens (tertiary/aromatic N) is 3. The number of carbonyl (C=O) groups is 3. The number of aliphatic carboxylic acids is 1. The zero-order valence-electron chi connectivity index (χ0n) is 20.1. The van der Waals surface area contributed by atoms with Crippen LogP contribution in [0.1, 0.15) is 29.9 Å². The van der Waals surface area contributed by atoms with E-state index in [1.807, 2.05) is 65.6 Å². The van der Waals surface area contributed by atoms with Crippen molar-refractivity contribution in [3.8, 4) is 0 Å². The third-order valence-corrected chi connectivity index (χ3v) is 7.12. The Hall–Kier alpha value is -3.39. The van der Waals surface area contributed by atoms with E-state index in [4.69, 9.17) is 4.74 Å². The molecule has 1 atom stereocenters. The van der Waals surface area contributed by atoms with Crippen molar-refractivity contribution in [3.63, 3.8) is 0 Å². The summed E-state index contributed by atoms with van der Waals surface area (Å²) in [5.41, 5.74) is 1.86. The number of likely N-dealkylation sites (tertiary alicyclic amines) is 1. The van der Waals surface area contributed by atoms with E-state index in [1.54, 1.807) is 4.90 Å². The predicted octanol–water partition coefficient (Wildman–Crippen LogP) is 2.89. The van der Waals surface area contributed by atoms with Crippen molar-refractivity contribution >= 4 is 18.0 Å². The van der Waals surface area contributed by atoms with Gasteiger partial charge in [0.1, 0.15) is 0 Å². The predicted molar refractivity (Wildman–Crippen MR) is 131 cm³/mol. The van der Waals surface area contributed by atoms with Gasteiger partial charge in [-0.25, -0.2) is 4.79 Å². The lowest BCUT2D eigenvalue weighted by atomic mass is 9.89. The van der Waals surface area contributed by atoms with Crippen LogP contribution in [0, 0.1) is 5.92 Å². The third-order valence-electron chi connectivity index (χ3n) is 7.12. The van der Waals surface area contributed by atoms with E-state index in [2.05, 4.69) is 4.90 Å². The largest absolute Gasteiger partial charge is 0.481 e. The second kappa shape index (κ2) is 11.4. The fourth-order valence-electron chi connectivity index (χ4n) is 5.19. The number of amides is 2. The summed E-state index contributed by atoms with van der Waals surface area (Å²) in [6.45, 7) is 3.12. The Labute approximate surface area is 206 Å². The highest BCUT2D eigenvalue weighted by molar-refractivity contribution is 5.88. The van der Waals surface area contributed by atoms with Crippen molar-refractivity contribution in [2.75, 3.05) is 46.4 Å². The number of piperidine rings is 1. The molecule has 0 radical (unpaired) electrons. The number of benzene rings is 2. The molecule has 2 aliphatic rings.